The Morgan fingerprint density at radius 3 is 3.00 bits per heavy atom. The topological polar surface area (TPSA) is 90.6 Å². The van der Waals surface area contributed by atoms with E-state index in [1.165, 1.54) is 6.20 Å². The summed E-state index contributed by atoms with van der Waals surface area (Å²) in [6, 6.07) is 0. The number of hydrogen-bond donors (Lipinski definition) is 3. The normalized spacial score (nSPS) is 10.3. The van der Waals surface area contributed by atoms with Crippen molar-refractivity contribution in [3.63, 3.8) is 0 Å². The molecule has 0 atom stereocenters. The Bertz CT molecular complexity index is 602. The molecule has 2 aromatic heterocycles. The zero-order valence-electron chi connectivity index (χ0n) is 7.91. The van der Waals surface area contributed by atoms with Gasteiger partial charge < -0.3 is 10.3 Å². The van der Waals surface area contributed by atoms with Gasteiger partial charge in [0.25, 0.3) is 5.56 Å². The fraction of sp³-hybridized carbons (Fsp3) is 0.125. The molecule has 0 bridgehead atoms. The molecule has 0 radical (unpaired) electrons. The highest BCUT2D eigenvalue weighted by Crippen LogP contribution is 2.15. The standard InChI is InChI=1S/C8H7BrN4O2S/c9-6-5(2-11-13-7(6)14)10-1-4-3-16-8(15)12-4/h2-3H,1H2,(H,12,15)(H2,10,13,14). The number of thiazole rings is 1. The molecule has 8 heteroatoms. The monoisotopic (exact) mass is 302 g/mol. The summed E-state index contributed by atoms with van der Waals surface area (Å²) in [4.78, 5) is 24.6. The Morgan fingerprint density at radius 2 is 2.31 bits per heavy atom. The molecule has 0 unspecified atom stereocenters. The molecular formula is C8H7BrN4O2S. The van der Waals surface area contributed by atoms with E-state index in [4.69, 9.17) is 0 Å². The number of rotatable bonds is 3. The number of anilines is 1. The van der Waals surface area contributed by atoms with Gasteiger partial charge in [-0.05, 0) is 15.9 Å². The maximum Gasteiger partial charge on any atom is 0.304 e. The van der Waals surface area contributed by atoms with E-state index in [0.717, 1.165) is 17.0 Å². The number of halogens is 1. The van der Waals surface area contributed by atoms with Gasteiger partial charge in [0.1, 0.15) is 4.47 Å². The van der Waals surface area contributed by atoms with Crippen LogP contribution in [0.2, 0.25) is 0 Å². The van der Waals surface area contributed by atoms with Crippen LogP contribution in [0.4, 0.5) is 5.69 Å². The summed E-state index contributed by atoms with van der Waals surface area (Å²) in [5.74, 6) is 0. The molecule has 2 rings (SSSR count). The number of aromatic nitrogens is 3. The van der Waals surface area contributed by atoms with Crippen molar-refractivity contribution in [2.24, 2.45) is 0 Å². The summed E-state index contributed by atoms with van der Waals surface area (Å²) in [6.45, 7) is 0.433. The Balaban J connectivity index is 2.13. The highest BCUT2D eigenvalue weighted by Gasteiger charge is 2.04. The summed E-state index contributed by atoms with van der Waals surface area (Å²) in [6.07, 6.45) is 1.50. The first-order valence-electron chi connectivity index (χ1n) is 4.30. The number of aromatic amines is 2. The third kappa shape index (κ3) is 2.39. The van der Waals surface area contributed by atoms with Gasteiger partial charge in [0.05, 0.1) is 18.4 Å². The van der Waals surface area contributed by atoms with Crippen molar-refractivity contribution in [1.29, 1.82) is 0 Å². The molecule has 0 aliphatic heterocycles. The fourth-order valence-electron chi connectivity index (χ4n) is 1.10. The summed E-state index contributed by atoms with van der Waals surface area (Å²) < 4.78 is 0.389. The van der Waals surface area contributed by atoms with Crippen LogP contribution in [0.25, 0.3) is 0 Å². The lowest BCUT2D eigenvalue weighted by Crippen LogP contribution is -2.12. The molecule has 0 saturated carbocycles. The molecule has 0 amide bonds. The first-order valence-corrected chi connectivity index (χ1v) is 5.98. The van der Waals surface area contributed by atoms with E-state index < -0.39 is 0 Å². The SMILES string of the molecule is O=c1[nH]c(CNc2cn[nH]c(=O)c2Br)cs1. The maximum atomic E-state index is 11.2. The molecule has 84 valence electrons. The molecule has 0 spiro atoms. The van der Waals surface area contributed by atoms with Crippen LogP contribution in [0.5, 0.6) is 0 Å². The molecule has 0 aromatic carbocycles. The van der Waals surface area contributed by atoms with Crippen molar-refractivity contribution in [1.82, 2.24) is 15.2 Å². The molecule has 16 heavy (non-hydrogen) atoms. The number of nitrogens with zero attached hydrogens (tertiary/aromatic N) is 1. The largest absolute Gasteiger partial charge is 0.377 e. The van der Waals surface area contributed by atoms with Gasteiger partial charge in [-0.2, -0.15) is 5.10 Å². The average Bonchev–Trinajstić information content (AvgIpc) is 2.67. The average molecular weight is 303 g/mol. The van der Waals surface area contributed by atoms with Crippen LogP contribution >= 0.6 is 27.3 Å². The number of hydrogen-bond acceptors (Lipinski definition) is 5. The van der Waals surface area contributed by atoms with Crippen molar-refractivity contribution in [2.45, 2.75) is 6.54 Å². The minimum Gasteiger partial charge on any atom is -0.377 e. The second-order valence-corrected chi connectivity index (χ2v) is 4.59. The molecule has 2 aromatic rings. The van der Waals surface area contributed by atoms with Crippen molar-refractivity contribution in [3.05, 3.63) is 41.8 Å². The molecule has 0 saturated heterocycles. The first-order chi connectivity index (χ1) is 7.66. The third-order valence-corrected chi connectivity index (χ3v) is 3.34. The molecule has 6 nitrogen and oxygen atoms in total. The Labute approximate surface area is 102 Å². The molecule has 0 fully saturated rings. The van der Waals surface area contributed by atoms with Gasteiger partial charge in [-0.15, -0.1) is 0 Å². The molecular weight excluding hydrogens is 296 g/mol. The van der Waals surface area contributed by atoms with E-state index in [2.05, 4.69) is 36.4 Å². The van der Waals surface area contributed by atoms with Gasteiger partial charge in [-0.1, -0.05) is 11.3 Å². The summed E-state index contributed by atoms with van der Waals surface area (Å²) in [5, 5.41) is 10.7. The zero-order valence-corrected chi connectivity index (χ0v) is 10.3. The van der Waals surface area contributed by atoms with Crippen molar-refractivity contribution in [3.8, 4) is 0 Å². The highest BCUT2D eigenvalue weighted by atomic mass is 79.9. The van der Waals surface area contributed by atoms with E-state index in [-0.39, 0.29) is 10.4 Å². The Morgan fingerprint density at radius 1 is 1.50 bits per heavy atom. The zero-order chi connectivity index (χ0) is 11.5. The first kappa shape index (κ1) is 11.1. The van der Waals surface area contributed by atoms with E-state index in [0.29, 0.717) is 16.7 Å². The van der Waals surface area contributed by atoms with Gasteiger partial charge in [-0.3, -0.25) is 9.59 Å². The van der Waals surface area contributed by atoms with E-state index >= 15 is 0 Å². The fourth-order valence-corrected chi connectivity index (χ4v) is 2.01. The van der Waals surface area contributed by atoms with Crippen LogP contribution in [0.3, 0.4) is 0 Å². The molecule has 0 aliphatic rings. The third-order valence-electron chi connectivity index (χ3n) is 1.84. The van der Waals surface area contributed by atoms with Gasteiger partial charge >= 0.3 is 4.87 Å². The predicted molar refractivity (Wildman–Crippen MR) is 64.8 cm³/mol. The second kappa shape index (κ2) is 4.62. The van der Waals surface area contributed by atoms with Crippen molar-refractivity contribution in [2.75, 3.05) is 5.32 Å². The molecule has 3 N–H and O–H groups in total. The van der Waals surface area contributed by atoms with Crippen LogP contribution in [0.15, 0.2) is 25.6 Å². The number of H-pyrrole nitrogens is 2. The van der Waals surface area contributed by atoms with Crippen LogP contribution in [0.1, 0.15) is 5.69 Å². The smallest absolute Gasteiger partial charge is 0.304 e. The summed E-state index contributed by atoms with van der Waals surface area (Å²) in [7, 11) is 0. The van der Waals surface area contributed by atoms with Gasteiger partial charge in [-0.25, -0.2) is 5.10 Å². The lowest BCUT2D eigenvalue weighted by atomic mass is 10.4. The van der Waals surface area contributed by atoms with Crippen molar-refractivity contribution < 1.29 is 0 Å². The summed E-state index contributed by atoms with van der Waals surface area (Å²) >= 11 is 4.24. The molecule has 0 aliphatic carbocycles. The lowest BCUT2D eigenvalue weighted by molar-refractivity contribution is 0.966. The quantitative estimate of drug-likeness (QED) is 0.785. The predicted octanol–water partition coefficient (Wildman–Crippen LogP) is 0.894. The second-order valence-electron chi connectivity index (χ2n) is 2.95. The van der Waals surface area contributed by atoms with Crippen LogP contribution in [-0.4, -0.2) is 15.2 Å². The van der Waals surface area contributed by atoms with Crippen LogP contribution in [-0.2, 0) is 6.54 Å². The summed E-state index contributed by atoms with van der Waals surface area (Å²) in [5.41, 5.74) is 1.04. The van der Waals surface area contributed by atoms with E-state index in [1.54, 1.807) is 5.38 Å². The molecule has 2 heterocycles. The lowest BCUT2D eigenvalue weighted by Gasteiger charge is -2.04. The van der Waals surface area contributed by atoms with Gasteiger partial charge in [0, 0.05) is 11.1 Å². The number of nitrogens with one attached hydrogen (secondary N) is 3. The Kier molecular flexibility index (Phi) is 3.20. The van der Waals surface area contributed by atoms with E-state index in [9.17, 15) is 9.59 Å². The van der Waals surface area contributed by atoms with Crippen LogP contribution in [0, 0.1) is 0 Å². The van der Waals surface area contributed by atoms with Crippen molar-refractivity contribution >= 4 is 33.0 Å². The van der Waals surface area contributed by atoms with Gasteiger partial charge in [0.2, 0.25) is 0 Å². The highest BCUT2D eigenvalue weighted by molar-refractivity contribution is 9.10. The minimum atomic E-state index is -0.302. The maximum absolute atomic E-state index is 11.2. The van der Waals surface area contributed by atoms with Crippen LogP contribution < -0.4 is 15.7 Å². The van der Waals surface area contributed by atoms with E-state index in [1.807, 2.05) is 0 Å². The Hall–Kier alpha value is -1.41. The van der Waals surface area contributed by atoms with Gasteiger partial charge in [0.15, 0.2) is 0 Å². The minimum absolute atomic E-state index is 0.0973.